The molecule has 0 radical (unpaired) electrons. The molecular weight excluding hydrogens is 411 g/mol. The molecule has 1 aliphatic heterocycles. The highest BCUT2D eigenvalue weighted by Gasteiger charge is 2.35. The highest BCUT2D eigenvalue weighted by atomic mass is 19.2. The normalized spacial score (nSPS) is 23.2. The number of hydrogen-bond acceptors (Lipinski definition) is 6. The van der Waals surface area contributed by atoms with Gasteiger partial charge in [-0.15, -0.1) is 0 Å². The molecule has 0 saturated heterocycles. The number of hydrogen-bond donors (Lipinski definition) is 1. The number of ether oxygens (including phenoxy) is 1. The molecular formula is C21H24F3N5O2. The quantitative estimate of drug-likeness (QED) is 0.743. The van der Waals surface area contributed by atoms with Crippen molar-refractivity contribution in [1.29, 1.82) is 0 Å². The van der Waals surface area contributed by atoms with E-state index < -0.39 is 17.5 Å². The second kappa shape index (κ2) is 7.90. The lowest BCUT2D eigenvalue weighted by molar-refractivity contribution is -0.119. The maximum atomic E-state index is 13.4. The van der Waals surface area contributed by atoms with E-state index in [1.807, 2.05) is 25.8 Å². The van der Waals surface area contributed by atoms with Gasteiger partial charge in [-0.25, -0.2) is 18.2 Å². The van der Waals surface area contributed by atoms with E-state index in [4.69, 9.17) is 4.74 Å². The molecule has 31 heavy (non-hydrogen) atoms. The summed E-state index contributed by atoms with van der Waals surface area (Å²) in [5.41, 5.74) is 1.37. The van der Waals surface area contributed by atoms with Crippen LogP contribution in [0.1, 0.15) is 31.9 Å². The van der Waals surface area contributed by atoms with Gasteiger partial charge >= 0.3 is 0 Å². The number of carbonyl (C=O) groups excluding carboxylic acids is 1. The van der Waals surface area contributed by atoms with Crippen molar-refractivity contribution in [2.24, 2.45) is 0 Å². The van der Waals surface area contributed by atoms with Gasteiger partial charge in [-0.1, -0.05) is 0 Å². The lowest BCUT2D eigenvalue weighted by Crippen LogP contribution is -2.50. The first-order chi connectivity index (χ1) is 14.7. The van der Waals surface area contributed by atoms with Crippen molar-refractivity contribution in [3.05, 3.63) is 35.3 Å². The number of nitrogens with one attached hydrogen (secondary N) is 1. The van der Waals surface area contributed by atoms with Crippen molar-refractivity contribution < 1.29 is 22.7 Å². The van der Waals surface area contributed by atoms with Gasteiger partial charge in [0.1, 0.15) is 23.6 Å². The Labute approximate surface area is 178 Å². The fourth-order valence-electron chi connectivity index (χ4n) is 4.15. The van der Waals surface area contributed by atoms with Crippen LogP contribution in [0.2, 0.25) is 0 Å². The van der Waals surface area contributed by atoms with Gasteiger partial charge < -0.3 is 19.9 Å². The Balaban J connectivity index is 1.46. The van der Waals surface area contributed by atoms with Crippen molar-refractivity contribution in [2.45, 2.75) is 51.3 Å². The molecule has 0 bridgehead atoms. The first kappa shape index (κ1) is 21.2. The van der Waals surface area contributed by atoms with Gasteiger partial charge in [0.05, 0.1) is 5.69 Å². The smallest absolute Gasteiger partial charge is 0.249 e. The highest BCUT2D eigenvalue weighted by molar-refractivity contribution is 6.04. The molecule has 3 atom stereocenters. The van der Waals surface area contributed by atoms with E-state index >= 15 is 0 Å². The van der Waals surface area contributed by atoms with Gasteiger partial charge in [0.2, 0.25) is 11.9 Å². The number of aryl methyl sites for hydroxylation is 1. The number of fused-ring (bicyclic) bond motifs is 1. The second-order valence-corrected chi connectivity index (χ2v) is 8.08. The molecule has 1 amide bonds. The summed E-state index contributed by atoms with van der Waals surface area (Å²) >= 11 is 0. The van der Waals surface area contributed by atoms with Crippen LogP contribution in [0, 0.1) is 24.4 Å². The second-order valence-electron chi connectivity index (χ2n) is 8.08. The Morgan fingerprint density at radius 2 is 1.81 bits per heavy atom. The molecule has 4 rings (SSSR count). The minimum Gasteiger partial charge on any atom is -0.490 e. The van der Waals surface area contributed by atoms with Crippen LogP contribution >= 0.6 is 0 Å². The zero-order valence-corrected chi connectivity index (χ0v) is 17.7. The third-order valence-electron chi connectivity index (χ3n) is 5.96. The lowest BCUT2D eigenvalue weighted by Gasteiger charge is -2.37. The van der Waals surface area contributed by atoms with Crippen LogP contribution in [0.25, 0.3) is 0 Å². The summed E-state index contributed by atoms with van der Waals surface area (Å²) in [5, 5.41) is 3.30. The number of halogens is 3. The molecule has 7 nitrogen and oxygen atoms in total. The molecule has 0 unspecified atom stereocenters. The van der Waals surface area contributed by atoms with E-state index in [-0.39, 0.29) is 29.8 Å². The van der Waals surface area contributed by atoms with Crippen molar-refractivity contribution in [2.75, 3.05) is 29.2 Å². The van der Waals surface area contributed by atoms with Crippen molar-refractivity contribution in [1.82, 2.24) is 9.97 Å². The first-order valence-corrected chi connectivity index (χ1v) is 10.1. The van der Waals surface area contributed by atoms with Gasteiger partial charge in [-0.05, 0) is 26.7 Å². The molecule has 0 spiro atoms. The number of anilines is 3. The standard InChI is InChI=1S/C21H24F3N5O2/c1-10-18-19(28(3)11(2)20(30)29(18)4)27-21(25-10)26-12-5-6-13(7-12)31-14-8-15(22)17(24)16(23)9-14/h8-9,11-13H,5-7H2,1-4H3,(H,25,26,27)/t11-,12+,13+/m0/s1. The number of nitrogens with zero attached hydrogens (tertiary/aromatic N) is 4. The monoisotopic (exact) mass is 435 g/mol. The van der Waals surface area contributed by atoms with Gasteiger partial charge in [-0.2, -0.15) is 4.98 Å². The summed E-state index contributed by atoms with van der Waals surface area (Å²) in [5.74, 6) is -3.00. The predicted molar refractivity (Wildman–Crippen MR) is 110 cm³/mol. The number of carbonyl (C=O) groups is 1. The van der Waals surface area contributed by atoms with Crippen LogP contribution in [0.4, 0.5) is 30.6 Å². The molecule has 1 aliphatic carbocycles. The Bertz CT molecular complexity index is 1010. The van der Waals surface area contributed by atoms with Crippen LogP contribution < -0.4 is 19.9 Å². The number of benzene rings is 1. The van der Waals surface area contributed by atoms with Crippen LogP contribution in [0.5, 0.6) is 5.75 Å². The fourth-order valence-corrected chi connectivity index (χ4v) is 4.15. The average molecular weight is 435 g/mol. The minimum atomic E-state index is -1.51. The van der Waals surface area contributed by atoms with E-state index in [1.165, 1.54) is 0 Å². The van der Waals surface area contributed by atoms with E-state index in [2.05, 4.69) is 15.3 Å². The van der Waals surface area contributed by atoms with Gasteiger partial charge in [0.25, 0.3) is 0 Å². The Kier molecular flexibility index (Phi) is 5.40. The molecule has 1 saturated carbocycles. The van der Waals surface area contributed by atoms with Crippen LogP contribution in [-0.4, -0.2) is 48.2 Å². The third kappa shape index (κ3) is 3.86. The number of aromatic nitrogens is 2. The molecule has 1 aromatic heterocycles. The molecule has 166 valence electrons. The van der Waals surface area contributed by atoms with Crippen molar-refractivity contribution in [3.63, 3.8) is 0 Å². The number of rotatable bonds is 4. The predicted octanol–water partition coefficient (Wildman–Crippen LogP) is 3.42. The zero-order valence-electron chi connectivity index (χ0n) is 17.7. The summed E-state index contributed by atoms with van der Waals surface area (Å²) in [4.78, 5) is 24.9. The summed E-state index contributed by atoms with van der Waals surface area (Å²) in [7, 11) is 3.54. The van der Waals surface area contributed by atoms with E-state index in [0.717, 1.165) is 18.6 Å². The average Bonchev–Trinajstić information content (AvgIpc) is 3.15. The topological polar surface area (TPSA) is 70.6 Å². The summed E-state index contributed by atoms with van der Waals surface area (Å²) in [6, 6.07) is 1.37. The van der Waals surface area contributed by atoms with Crippen molar-refractivity contribution in [3.8, 4) is 5.75 Å². The lowest BCUT2D eigenvalue weighted by atomic mass is 10.1. The summed E-state index contributed by atoms with van der Waals surface area (Å²) in [6.45, 7) is 3.66. The maximum absolute atomic E-state index is 13.4. The van der Waals surface area contributed by atoms with E-state index in [1.54, 1.807) is 11.9 Å². The SMILES string of the molecule is Cc1nc(N[C@@H]2CC[C@@H](Oc3cc(F)c(F)c(F)c3)C2)nc2c1N(C)C(=O)[C@H](C)N2C. The molecule has 1 fully saturated rings. The molecule has 2 heterocycles. The summed E-state index contributed by atoms with van der Waals surface area (Å²) < 4.78 is 45.6. The Morgan fingerprint density at radius 1 is 1.13 bits per heavy atom. The van der Waals surface area contributed by atoms with E-state index in [0.29, 0.717) is 36.0 Å². The Hall–Kier alpha value is -3.04. The van der Waals surface area contributed by atoms with Crippen LogP contribution in [0.15, 0.2) is 12.1 Å². The zero-order chi connectivity index (χ0) is 22.4. The molecule has 2 aliphatic rings. The minimum absolute atomic E-state index is 0.00303. The Morgan fingerprint density at radius 3 is 2.48 bits per heavy atom. The van der Waals surface area contributed by atoms with Gasteiger partial charge in [0, 0.05) is 38.7 Å². The number of likely N-dealkylation sites (N-methyl/N-ethyl adjacent to an activating group) is 2. The maximum Gasteiger partial charge on any atom is 0.249 e. The third-order valence-corrected chi connectivity index (χ3v) is 5.96. The first-order valence-electron chi connectivity index (χ1n) is 10.1. The molecule has 1 aromatic carbocycles. The molecule has 1 N–H and O–H groups in total. The fraction of sp³-hybridized carbons (Fsp3) is 0.476. The van der Waals surface area contributed by atoms with Gasteiger partial charge in [0.15, 0.2) is 23.3 Å². The summed E-state index contributed by atoms with van der Waals surface area (Å²) in [6.07, 6.45) is 1.72. The highest BCUT2D eigenvalue weighted by Crippen LogP contribution is 2.36. The van der Waals surface area contributed by atoms with Gasteiger partial charge in [-0.3, -0.25) is 4.79 Å². The van der Waals surface area contributed by atoms with E-state index in [9.17, 15) is 18.0 Å². The molecule has 10 heteroatoms. The molecule has 2 aromatic rings. The van der Waals surface area contributed by atoms with Crippen LogP contribution in [-0.2, 0) is 4.79 Å². The number of amides is 1. The van der Waals surface area contributed by atoms with Crippen LogP contribution in [0.3, 0.4) is 0 Å². The van der Waals surface area contributed by atoms with Crippen molar-refractivity contribution >= 4 is 23.4 Å². The largest absolute Gasteiger partial charge is 0.490 e.